The van der Waals surface area contributed by atoms with Gasteiger partial charge in [-0.05, 0) is 22.4 Å². The van der Waals surface area contributed by atoms with E-state index in [1.165, 1.54) is 28.4 Å². The number of carbonyl (C=O) groups excluding carboxylic acids is 1. The van der Waals surface area contributed by atoms with E-state index < -0.39 is 0 Å². The fraction of sp³-hybridized carbons (Fsp3) is 0.444. The molecule has 1 aromatic carbocycles. The van der Waals surface area contributed by atoms with Crippen molar-refractivity contribution in [1.82, 2.24) is 30.1 Å². The number of aromatic nitrogens is 5. The Morgan fingerprint density at radius 2 is 2.19 bits per heavy atom. The molecule has 3 heterocycles. The van der Waals surface area contributed by atoms with Crippen LogP contribution in [-0.4, -0.2) is 48.3 Å². The van der Waals surface area contributed by atoms with Crippen LogP contribution in [0.5, 0.6) is 0 Å². The van der Waals surface area contributed by atoms with Crippen LogP contribution in [0.3, 0.4) is 0 Å². The summed E-state index contributed by atoms with van der Waals surface area (Å²) in [5.74, 6) is 0.942. The van der Waals surface area contributed by atoms with E-state index >= 15 is 0 Å². The van der Waals surface area contributed by atoms with Crippen LogP contribution in [-0.2, 0) is 24.3 Å². The Balaban J connectivity index is 1.43. The standard InChI is InChI=1S/C18H22N6OS/c1-12(2)9-24-18(20-21-22-24)26-11-17(25)23-8-7-16-14(10-23)13-5-3-4-6-15(13)19-16/h3-6,12,19H,7-11H2,1-2H3. The zero-order valence-electron chi connectivity index (χ0n) is 15.0. The van der Waals surface area contributed by atoms with Gasteiger partial charge in [0, 0.05) is 48.2 Å². The van der Waals surface area contributed by atoms with Gasteiger partial charge in [-0.2, -0.15) is 0 Å². The fourth-order valence-corrected chi connectivity index (χ4v) is 4.15. The van der Waals surface area contributed by atoms with Gasteiger partial charge in [-0.15, -0.1) is 5.10 Å². The summed E-state index contributed by atoms with van der Waals surface area (Å²) in [6.07, 6.45) is 0.867. The first-order valence-electron chi connectivity index (χ1n) is 8.87. The van der Waals surface area contributed by atoms with E-state index in [1.54, 1.807) is 4.68 Å². The molecule has 0 saturated carbocycles. The molecule has 3 aromatic rings. The third-order valence-electron chi connectivity index (χ3n) is 4.60. The summed E-state index contributed by atoms with van der Waals surface area (Å²) in [4.78, 5) is 18.1. The lowest BCUT2D eigenvalue weighted by Gasteiger charge is -2.27. The lowest BCUT2D eigenvalue weighted by molar-refractivity contribution is -0.129. The molecule has 0 saturated heterocycles. The fourth-order valence-electron chi connectivity index (χ4n) is 3.36. The maximum atomic E-state index is 12.7. The third-order valence-corrected chi connectivity index (χ3v) is 5.54. The number of hydrogen-bond acceptors (Lipinski definition) is 5. The van der Waals surface area contributed by atoms with Crippen LogP contribution in [0.4, 0.5) is 0 Å². The zero-order chi connectivity index (χ0) is 18.1. The minimum absolute atomic E-state index is 0.130. The molecule has 7 nitrogen and oxygen atoms in total. The number of hydrogen-bond donors (Lipinski definition) is 1. The summed E-state index contributed by atoms with van der Waals surface area (Å²) < 4.78 is 1.77. The highest BCUT2D eigenvalue weighted by Crippen LogP contribution is 2.28. The Morgan fingerprint density at radius 3 is 3.04 bits per heavy atom. The molecule has 1 amide bonds. The van der Waals surface area contributed by atoms with Crippen molar-refractivity contribution in [3.05, 3.63) is 35.5 Å². The van der Waals surface area contributed by atoms with Crippen molar-refractivity contribution >= 4 is 28.6 Å². The average molecular weight is 370 g/mol. The molecule has 0 atom stereocenters. The summed E-state index contributed by atoms with van der Waals surface area (Å²) in [6.45, 7) is 6.40. The summed E-state index contributed by atoms with van der Waals surface area (Å²) in [6, 6.07) is 8.28. The molecule has 1 aliphatic heterocycles. The number of fused-ring (bicyclic) bond motifs is 3. The van der Waals surface area contributed by atoms with Crippen LogP contribution in [0.15, 0.2) is 29.4 Å². The quantitative estimate of drug-likeness (QED) is 0.698. The number of carbonyl (C=O) groups is 1. The lowest BCUT2D eigenvalue weighted by atomic mass is 10.0. The summed E-state index contributed by atoms with van der Waals surface area (Å²) >= 11 is 1.41. The molecule has 1 aliphatic rings. The summed E-state index contributed by atoms with van der Waals surface area (Å²) in [7, 11) is 0. The number of thioether (sulfide) groups is 1. The largest absolute Gasteiger partial charge is 0.358 e. The predicted octanol–water partition coefficient (Wildman–Crippen LogP) is 2.49. The Morgan fingerprint density at radius 1 is 1.35 bits per heavy atom. The van der Waals surface area contributed by atoms with Crippen LogP contribution >= 0.6 is 11.8 Å². The van der Waals surface area contributed by atoms with E-state index in [4.69, 9.17) is 0 Å². The second-order valence-corrected chi connectivity index (χ2v) is 7.96. The highest BCUT2D eigenvalue weighted by Gasteiger charge is 2.24. The maximum Gasteiger partial charge on any atom is 0.233 e. The van der Waals surface area contributed by atoms with Crippen LogP contribution in [0, 0.1) is 5.92 Å². The van der Waals surface area contributed by atoms with Crippen LogP contribution in [0.25, 0.3) is 10.9 Å². The highest BCUT2D eigenvalue weighted by atomic mass is 32.2. The van der Waals surface area contributed by atoms with E-state index in [2.05, 4.69) is 46.5 Å². The first-order valence-corrected chi connectivity index (χ1v) is 9.85. The number of amides is 1. The monoisotopic (exact) mass is 370 g/mol. The number of tetrazole rings is 1. The number of aromatic amines is 1. The number of H-pyrrole nitrogens is 1. The first-order chi connectivity index (χ1) is 12.6. The van der Waals surface area contributed by atoms with Gasteiger partial charge >= 0.3 is 0 Å². The molecule has 2 aromatic heterocycles. The molecule has 0 unspecified atom stereocenters. The average Bonchev–Trinajstić information content (AvgIpc) is 3.22. The topological polar surface area (TPSA) is 79.7 Å². The first kappa shape index (κ1) is 17.1. The van der Waals surface area contributed by atoms with Crippen LogP contribution < -0.4 is 0 Å². The molecule has 0 spiro atoms. The molecule has 136 valence electrons. The van der Waals surface area contributed by atoms with Gasteiger partial charge in [0.1, 0.15) is 0 Å². The Kier molecular flexibility index (Phi) is 4.67. The second-order valence-electron chi connectivity index (χ2n) is 7.02. The SMILES string of the molecule is CC(C)Cn1nnnc1SCC(=O)N1CCc2[nH]c3ccccc3c2C1. The van der Waals surface area contributed by atoms with Gasteiger partial charge in [-0.25, -0.2) is 4.68 Å². The van der Waals surface area contributed by atoms with Crippen molar-refractivity contribution < 1.29 is 4.79 Å². The van der Waals surface area contributed by atoms with E-state index in [1.807, 2.05) is 17.0 Å². The van der Waals surface area contributed by atoms with Crippen molar-refractivity contribution in [3.63, 3.8) is 0 Å². The third kappa shape index (κ3) is 3.33. The molecule has 1 N–H and O–H groups in total. The molecule has 4 rings (SSSR count). The molecule has 8 heteroatoms. The molecule has 0 bridgehead atoms. The molecule has 0 aliphatic carbocycles. The van der Waals surface area contributed by atoms with Gasteiger partial charge in [-0.3, -0.25) is 4.79 Å². The highest BCUT2D eigenvalue weighted by molar-refractivity contribution is 7.99. The minimum Gasteiger partial charge on any atom is -0.358 e. The van der Waals surface area contributed by atoms with E-state index in [0.717, 1.165) is 25.0 Å². The Hall–Kier alpha value is -2.35. The predicted molar refractivity (Wildman–Crippen MR) is 101 cm³/mol. The Bertz CT molecular complexity index is 931. The minimum atomic E-state index is 0.130. The van der Waals surface area contributed by atoms with Crippen molar-refractivity contribution in [3.8, 4) is 0 Å². The number of rotatable bonds is 5. The summed E-state index contributed by atoms with van der Waals surface area (Å²) in [5, 5.41) is 13.7. The number of para-hydroxylation sites is 1. The number of nitrogens with zero attached hydrogens (tertiary/aromatic N) is 5. The van der Waals surface area contributed by atoms with Gasteiger partial charge in [-0.1, -0.05) is 43.8 Å². The molecule has 0 radical (unpaired) electrons. The van der Waals surface area contributed by atoms with E-state index in [9.17, 15) is 4.79 Å². The van der Waals surface area contributed by atoms with Gasteiger partial charge in [0.05, 0.1) is 5.75 Å². The number of nitrogens with one attached hydrogen (secondary N) is 1. The van der Waals surface area contributed by atoms with Crippen molar-refractivity contribution in [2.24, 2.45) is 5.92 Å². The van der Waals surface area contributed by atoms with Crippen LogP contribution in [0.1, 0.15) is 25.1 Å². The van der Waals surface area contributed by atoms with Gasteiger partial charge in [0.2, 0.25) is 11.1 Å². The Labute approximate surface area is 156 Å². The smallest absolute Gasteiger partial charge is 0.233 e. The van der Waals surface area contributed by atoms with Gasteiger partial charge in [0.25, 0.3) is 0 Å². The van der Waals surface area contributed by atoms with Gasteiger partial charge in [0.15, 0.2) is 0 Å². The van der Waals surface area contributed by atoms with E-state index in [0.29, 0.717) is 23.4 Å². The molecular formula is C18H22N6OS. The van der Waals surface area contributed by atoms with E-state index in [-0.39, 0.29) is 5.91 Å². The van der Waals surface area contributed by atoms with Gasteiger partial charge < -0.3 is 9.88 Å². The van der Waals surface area contributed by atoms with Crippen LogP contribution in [0.2, 0.25) is 0 Å². The lowest BCUT2D eigenvalue weighted by Crippen LogP contribution is -2.37. The normalized spacial score (nSPS) is 14.2. The molecule has 26 heavy (non-hydrogen) atoms. The number of benzene rings is 1. The van der Waals surface area contributed by atoms with Crippen molar-refractivity contribution in [2.75, 3.05) is 12.3 Å². The van der Waals surface area contributed by atoms with Crippen molar-refractivity contribution in [1.29, 1.82) is 0 Å². The summed E-state index contributed by atoms with van der Waals surface area (Å²) in [5.41, 5.74) is 3.65. The molecule has 0 fully saturated rings. The second kappa shape index (κ2) is 7.11. The maximum absolute atomic E-state index is 12.7. The zero-order valence-corrected chi connectivity index (χ0v) is 15.8. The molecular weight excluding hydrogens is 348 g/mol. The van der Waals surface area contributed by atoms with Crippen molar-refractivity contribution in [2.45, 2.75) is 38.5 Å².